The lowest BCUT2D eigenvalue weighted by Crippen LogP contribution is -1.98. The van der Waals surface area contributed by atoms with Crippen LogP contribution in [0.5, 0.6) is 11.5 Å². The van der Waals surface area contributed by atoms with Gasteiger partial charge in [0, 0.05) is 18.0 Å². The van der Waals surface area contributed by atoms with Crippen molar-refractivity contribution in [1.29, 1.82) is 0 Å². The predicted octanol–water partition coefficient (Wildman–Crippen LogP) is 4.57. The highest BCUT2D eigenvalue weighted by Gasteiger charge is 2.06. The van der Waals surface area contributed by atoms with Crippen molar-refractivity contribution in [2.75, 3.05) is 7.11 Å². The van der Waals surface area contributed by atoms with E-state index in [0.717, 1.165) is 11.1 Å². The molecule has 0 saturated carbocycles. The first-order valence-electron chi connectivity index (χ1n) is 8.23. The van der Waals surface area contributed by atoms with Crippen molar-refractivity contribution in [3.05, 3.63) is 95.8 Å². The van der Waals surface area contributed by atoms with Gasteiger partial charge in [-0.25, -0.2) is 0 Å². The minimum atomic E-state index is -0.0966. The topological polar surface area (TPSA) is 48.4 Å². The van der Waals surface area contributed by atoms with Crippen molar-refractivity contribution < 1.29 is 14.3 Å². The summed E-state index contributed by atoms with van der Waals surface area (Å²) in [6.45, 7) is 0.443. The molecule has 26 heavy (non-hydrogen) atoms. The molecule has 130 valence electrons. The van der Waals surface area contributed by atoms with E-state index in [2.05, 4.69) is 4.98 Å². The molecule has 1 heterocycles. The zero-order chi connectivity index (χ0) is 18.2. The van der Waals surface area contributed by atoms with Crippen LogP contribution in [0, 0.1) is 0 Å². The number of carbonyl (C=O) groups excluding carboxylic acids is 1. The van der Waals surface area contributed by atoms with Gasteiger partial charge in [0.2, 0.25) is 0 Å². The van der Waals surface area contributed by atoms with Crippen LogP contribution in [-0.4, -0.2) is 17.9 Å². The fourth-order valence-electron chi connectivity index (χ4n) is 2.42. The molecule has 0 aliphatic heterocycles. The van der Waals surface area contributed by atoms with Crippen molar-refractivity contribution in [2.24, 2.45) is 0 Å². The highest BCUT2D eigenvalue weighted by Crippen LogP contribution is 2.29. The number of ether oxygens (including phenoxy) is 2. The van der Waals surface area contributed by atoms with E-state index < -0.39 is 0 Å². The summed E-state index contributed by atoms with van der Waals surface area (Å²) in [4.78, 5) is 16.1. The first-order chi connectivity index (χ1) is 12.8. The van der Waals surface area contributed by atoms with Crippen molar-refractivity contribution in [3.8, 4) is 11.5 Å². The highest BCUT2D eigenvalue weighted by molar-refractivity contribution is 6.06. The molecule has 0 N–H and O–H groups in total. The van der Waals surface area contributed by atoms with Gasteiger partial charge in [-0.3, -0.25) is 9.78 Å². The Morgan fingerprint density at radius 1 is 1.04 bits per heavy atom. The van der Waals surface area contributed by atoms with Gasteiger partial charge in [-0.15, -0.1) is 0 Å². The molecule has 0 radical (unpaired) electrons. The molecule has 3 aromatic rings. The van der Waals surface area contributed by atoms with E-state index in [0.29, 0.717) is 23.7 Å². The summed E-state index contributed by atoms with van der Waals surface area (Å²) in [5.41, 5.74) is 2.48. The number of hydrogen-bond acceptors (Lipinski definition) is 4. The number of allylic oxidation sites excluding steroid dienone is 1. The van der Waals surface area contributed by atoms with E-state index in [-0.39, 0.29) is 5.78 Å². The Kier molecular flexibility index (Phi) is 5.78. The molecule has 0 saturated heterocycles. The molecule has 0 bridgehead atoms. The second-order valence-electron chi connectivity index (χ2n) is 5.62. The van der Waals surface area contributed by atoms with E-state index >= 15 is 0 Å². The average Bonchev–Trinajstić information content (AvgIpc) is 2.72. The Bertz CT molecular complexity index is 890. The van der Waals surface area contributed by atoms with Gasteiger partial charge in [0.25, 0.3) is 0 Å². The Labute approximate surface area is 152 Å². The van der Waals surface area contributed by atoms with Gasteiger partial charge in [0.05, 0.1) is 7.11 Å². The fraction of sp³-hybridized carbons (Fsp3) is 0.0909. The molecule has 0 unspecified atom stereocenters. The third-order valence-electron chi connectivity index (χ3n) is 3.80. The zero-order valence-corrected chi connectivity index (χ0v) is 14.5. The highest BCUT2D eigenvalue weighted by atomic mass is 16.5. The predicted molar refractivity (Wildman–Crippen MR) is 101 cm³/mol. The minimum Gasteiger partial charge on any atom is -0.493 e. The molecule has 0 spiro atoms. The smallest absolute Gasteiger partial charge is 0.187 e. The summed E-state index contributed by atoms with van der Waals surface area (Å²) in [5, 5.41) is 0. The van der Waals surface area contributed by atoms with E-state index in [1.165, 1.54) is 6.08 Å². The first kappa shape index (κ1) is 17.4. The molecule has 0 fully saturated rings. The third-order valence-corrected chi connectivity index (χ3v) is 3.80. The van der Waals surface area contributed by atoms with E-state index in [4.69, 9.17) is 9.47 Å². The number of pyridine rings is 1. The van der Waals surface area contributed by atoms with Crippen molar-refractivity contribution >= 4 is 11.9 Å². The average molecular weight is 345 g/mol. The second kappa shape index (κ2) is 8.62. The van der Waals surface area contributed by atoms with Crippen LogP contribution < -0.4 is 9.47 Å². The van der Waals surface area contributed by atoms with Crippen molar-refractivity contribution in [3.63, 3.8) is 0 Å². The molecule has 0 atom stereocenters. The Morgan fingerprint density at radius 2 is 1.88 bits per heavy atom. The lowest BCUT2D eigenvalue weighted by Gasteiger charge is -2.11. The molecular formula is C22H19NO3. The summed E-state index contributed by atoms with van der Waals surface area (Å²) < 4.78 is 11.3. The maximum atomic E-state index is 12.2. The van der Waals surface area contributed by atoms with E-state index in [1.807, 2.05) is 48.5 Å². The number of hydrogen-bond donors (Lipinski definition) is 0. The fourth-order valence-corrected chi connectivity index (χ4v) is 2.42. The molecular weight excluding hydrogens is 326 g/mol. The van der Waals surface area contributed by atoms with Gasteiger partial charge in [-0.2, -0.15) is 0 Å². The van der Waals surface area contributed by atoms with Gasteiger partial charge in [-0.1, -0.05) is 42.5 Å². The molecule has 2 aromatic carbocycles. The van der Waals surface area contributed by atoms with Gasteiger partial charge in [0.1, 0.15) is 6.61 Å². The van der Waals surface area contributed by atoms with Crippen molar-refractivity contribution in [2.45, 2.75) is 6.61 Å². The molecule has 0 amide bonds. The SMILES string of the molecule is COc1ccc(C=CC(=O)c2cccnc2)cc1OCc1ccccc1. The maximum Gasteiger partial charge on any atom is 0.187 e. The zero-order valence-electron chi connectivity index (χ0n) is 14.5. The van der Waals surface area contributed by atoms with Crippen LogP contribution in [0.4, 0.5) is 0 Å². The molecule has 1 aromatic heterocycles. The summed E-state index contributed by atoms with van der Waals surface area (Å²) in [6.07, 6.45) is 6.47. The number of ketones is 1. The van der Waals surface area contributed by atoms with Crippen LogP contribution >= 0.6 is 0 Å². The monoisotopic (exact) mass is 345 g/mol. The van der Waals surface area contributed by atoms with Crippen LogP contribution in [0.15, 0.2) is 79.1 Å². The van der Waals surface area contributed by atoms with Crippen molar-refractivity contribution in [1.82, 2.24) is 4.98 Å². The first-order valence-corrected chi connectivity index (χ1v) is 8.23. The van der Waals surface area contributed by atoms with Gasteiger partial charge >= 0.3 is 0 Å². The van der Waals surface area contributed by atoms with Crippen LogP contribution in [0.2, 0.25) is 0 Å². The number of rotatable bonds is 7. The van der Waals surface area contributed by atoms with Crippen LogP contribution in [0.25, 0.3) is 6.08 Å². The Morgan fingerprint density at radius 3 is 2.62 bits per heavy atom. The second-order valence-corrected chi connectivity index (χ2v) is 5.62. The normalized spacial score (nSPS) is 10.7. The van der Waals surface area contributed by atoms with Gasteiger partial charge in [-0.05, 0) is 41.5 Å². The van der Waals surface area contributed by atoms with Gasteiger partial charge < -0.3 is 9.47 Å². The number of nitrogens with zero attached hydrogens (tertiary/aromatic N) is 1. The summed E-state index contributed by atoms with van der Waals surface area (Å²) in [6, 6.07) is 19.0. The maximum absolute atomic E-state index is 12.2. The third kappa shape index (κ3) is 4.57. The molecule has 0 aliphatic carbocycles. The summed E-state index contributed by atoms with van der Waals surface area (Å²) in [5.74, 6) is 1.18. The quantitative estimate of drug-likeness (QED) is 0.465. The largest absolute Gasteiger partial charge is 0.493 e. The lowest BCUT2D eigenvalue weighted by atomic mass is 10.1. The minimum absolute atomic E-state index is 0.0966. The van der Waals surface area contributed by atoms with Crippen LogP contribution in [0.3, 0.4) is 0 Å². The van der Waals surface area contributed by atoms with E-state index in [1.54, 1.807) is 37.7 Å². The van der Waals surface area contributed by atoms with Crippen LogP contribution in [0.1, 0.15) is 21.5 Å². The summed E-state index contributed by atoms with van der Waals surface area (Å²) in [7, 11) is 1.60. The molecule has 3 rings (SSSR count). The lowest BCUT2D eigenvalue weighted by molar-refractivity contribution is 0.104. The number of carbonyl (C=O) groups is 1. The molecule has 4 heteroatoms. The number of aromatic nitrogens is 1. The number of benzene rings is 2. The Balaban J connectivity index is 1.74. The van der Waals surface area contributed by atoms with Gasteiger partial charge in [0.15, 0.2) is 17.3 Å². The van der Waals surface area contributed by atoms with Crippen LogP contribution in [-0.2, 0) is 6.61 Å². The van der Waals surface area contributed by atoms with E-state index in [9.17, 15) is 4.79 Å². The number of methoxy groups -OCH3 is 1. The summed E-state index contributed by atoms with van der Waals surface area (Å²) >= 11 is 0. The molecule has 0 aliphatic rings. The Hall–Kier alpha value is -3.40. The molecule has 4 nitrogen and oxygen atoms in total. The standard InChI is InChI=1S/C22H19NO3/c1-25-21-12-10-17(9-11-20(24)19-8-5-13-23-15-19)14-22(21)26-16-18-6-3-2-4-7-18/h2-15H,16H2,1H3.